The summed E-state index contributed by atoms with van der Waals surface area (Å²) in [6.45, 7) is 2.42. The van der Waals surface area contributed by atoms with Gasteiger partial charge >= 0.3 is 0 Å². The monoisotopic (exact) mass is 374 g/mol. The fourth-order valence-electron chi connectivity index (χ4n) is 2.44. The van der Waals surface area contributed by atoms with E-state index in [4.69, 9.17) is 4.42 Å². The number of halogens is 1. The van der Waals surface area contributed by atoms with Crippen molar-refractivity contribution in [3.63, 3.8) is 0 Å². The third-order valence-corrected chi connectivity index (χ3v) is 5.10. The van der Waals surface area contributed by atoms with E-state index in [0.717, 1.165) is 11.3 Å². The molecule has 0 bridgehead atoms. The van der Waals surface area contributed by atoms with Gasteiger partial charge in [0.05, 0.1) is 24.6 Å². The largest absolute Gasteiger partial charge is 0.467 e. The van der Waals surface area contributed by atoms with Crippen LogP contribution in [0.3, 0.4) is 0 Å². The second kappa shape index (κ2) is 8.18. The zero-order valence-corrected chi connectivity index (χ0v) is 15.3. The molecular formula is C18H19FN4O2S. The van der Waals surface area contributed by atoms with Crippen molar-refractivity contribution in [1.82, 2.24) is 19.7 Å². The summed E-state index contributed by atoms with van der Waals surface area (Å²) < 4.78 is 20.2. The van der Waals surface area contributed by atoms with Gasteiger partial charge < -0.3 is 13.9 Å². The molecule has 0 fully saturated rings. The Morgan fingerprint density at radius 3 is 2.81 bits per heavy atom. The van der Waals surface area contributed by atoms with E-state index in [-0.39, 0.29) is 23.5 Å². The van der Waals surface area contributed by atoms with Crippen LogP contribution in [0.2, 0.25) is 0 Å². The van der Waals surface area contributed by atoms with Crippen molar-refractivity contribution < 1.29 is 13.6 Å². The van der Waals surface area contributed by atoms with Crippen LogP contribution in [0, 0.1) is 5.82 Å². The van der Waals surface area contributed by atoms with Crippen LogP contribution in [-0.2, 0) is 11.3 Å². The van der Waals surface area contributed by atoms with Crippen LogP contribution in [0.25, 0.3) is 0 Å². The predicted octanol–water partition coefficient (Wildman–Crippen LogP) is 3.37. The van der Waals surface area contributed by atoms with Gasteiger partial charge in [0.15, 0.2) is 5.16 Å². The Morgan fingerprint density at radius 1 is 1.35 bits per heavy atom. The van der Waals surface area contributed by atoms with Crippen LogP contribution in [0.4, 0.5) is 4.39 Å². The van der Waals surface area contributed by atoms with E-state index in [1.165, 1.54) is 23.9 Å². The highest BCUT2D eigenvalue weighted by molar-refractivity contribution is 7.99. The van der Waals surface area contributed by atoms with E-state index in [0.29, 0.717) is 11.7 Å². The molecule has 0 aliphatic carbocycles. The van der Waals surface area contributed by atoms with E-state index in [1.54, 1.807) is 36.7 Å². The Hall–Kier alpha value is -2.61. The second-order valence-corrected chi connectivity index (χ2v) is 6.78. The summed E-state index contributed by atoms with van der Waals surface area (Å²) in [4.78, 5) is 14.1. The minimum Gasteiger partial charge on any atom is -0.467 e. The molecule has 2 aromatic heterocycles. The van der Waals surface area contributed by atoms with Crippen molar-refractivity contribution in [2.24, 2.45) is 0 Å². The molecular weight excluding hydrogens is 355 g/mol. The van der Waals surface area contributed by atoms with Crippen molar-refractivity contribution in [1.29, 1.82) is 0 Å². The zero-order valence-electron chi connectivity index (χ0n) is 14.5. The number of carbonyl (C=O) groups excluding carboxylic acids is 1. The normalized spacial score (nSPS) is 12.1. The molecule has 1 atom stereocenters. The molecule has 1 aromatic carbocycles. The smallest absolute Gasteiger partial charge is 0.233 e. The molecule has 1 unspecified atom stereocenters. The van der Waals surface area contributed by atoms with Crippen molar-refractivity contribution in [2.45, 2.75) is 24.7 Å². The Balaban J connectivity index is 1.58. The molecule has 0 radical (unpaired) electrons. The topological polar surface area (TPSA) is 64.2 Å². The number of carbonyl (C=O) groups is 1. The number of hydrogen-bond acceptors (Lipinski definition) is 5. The van der Waals surface area contributed by atoms with Gasteiger partial charge in [0.25, 0.3) is 0 Å². The Kier molecular flexibility index (Phi) is 5.72. The van der Waals surface area contributed by atoms with Crippen LogP contribution in [0.15, 0.2) is 58.6 Å². The summed E-state index contributed by atoms with van der Waals surface area (Å²) in [5.41, 5.74) is 0.883. The van der Waals surface area contributed by atoms with E-state index in [2.05, 4.69) is 10.2 Å². The Bertz CT molecular complexity index is 848. The van der Waals surface area contributed by atoms with Gasteiger partial charge in [-0.15, -0.1) is 10.2 Å². The molecule has 3 aromatic rings. The molecule has 0 saturated heterocycles. The highest BCUT2D eigenvalue weighted by Crippen LogP contribution is 2.22. The van der Waals surface area contributed by atoms with Gasteiger partial charge in [-0.2, -0.15) is 0 Å². The summed E-state index contributed by atoms with van der Waals surface area (Å²) in [6, 6.07) is 9.73. The Labute approximate surface area is 155 Å². The van der Waals surface area contributed by atoms with Gasteiger partial charge in [-0.3, -0.25) is 4.79 Å². The molecule has 0 N–H and O–H groups in total. The second-order valence-electron chi connectivity index (χ2n) is 5.84. The first-order chi connectivity index (χ1) is 12.5. The van der Waals surface area contributed by atoms with Gasteiger partial charge in [-0.25, -0.2) is 4.39 Å². The summed E-state index contributed by atoms with van der Waals surface area (Å²) in [5, 5.41) is 8.62. The van der Waals surface area contributed by atoms with Gasteiger partial charge in [0.2, 0.25) is 5.91 Å². The summed E-state index contributed by atoms with van der Waals surface area (Å²) in [7, 11) is 1.74. The van der Waals surface area contributed by atoms with Gasteiger partial charge in [0, 0.05) is 7.05 Å². The number of nitrogens with zero attached hydrogens (tertiary/aromatic N) is 4. The molecule has 136 valence electrons. The van der Waals surface area contributed by atoms with Crippen molar-refractivity contribution in [2.75, 3.05) is 12.8 Å². The van der Waals surface area contributed by atoms with Gasteiger partial charge in [-0.1, -0.05) is 23.9 Å². The predicted molar refractivity (Wildman–Crippen MR) is 96.1 cm³/mol. The number of rotatable bonds is 7. The SMILES string of the molecule is CC(c1ccc(F)cc1)N(C)C(=O)CSc1nncn1Cc1ccco1. The summed E-state index contributed by atoms with van der Waals surface area (Å²) in [6.07, 6.45) is 3.22. The molecule has 0 aliphatic rings. The quantitative estimate of drug-likeness (QED) is 0.593. The van der Waals surface area contributed by atoms with Crippen LogP contribution in [0.1, 0.15) is 24.3 Å². The molecule has 0 aliphatic heterocycles. The summed E-state index contributed by atoms with van der Waals surface area (Å²) >= 11 is 1.32. The summed E-state index contributed by atoms with van der Waals surface area (Å²) in [5.74, 6) is 0.694. The van der Waals surface area contributed by atoms with Crippen LogP contribution in [0.5, 0.6) is 0 Å². The van der Waals surface area contributed by atoms with Crippen LogP contribution >= 0.6 is 11.8 Å². The van der Waals surface area contributed by atoms with E-state index < -0.39 is 0 Å². The average molecular weight is 374 g/mol. The molecule has 1 amide bonds. The molecule has 0 spiro atoms. The number of benzene rings is 1. The lowest BCUT2D eigenvalue weighted by Crippen LogP contribution is -2.31. The highest BCUT2D eigenvalue weighted by atomic mass is 32.2. The standard InChI is InChI=1S/C18H19FN4O2S/c1-13(14-5-7-15(19)8-6-14)22(2)17(24)11-26-18-21-20-12-23(18)10-16-4-3-9-25-16/h3-9,12-13H,10-11H2,1-2H3. The van der Waals surface area contributed by atoms with Crippen molar-refractivity contribution in [3.8, 4) is 0 Å². The van der Waals surface area contributed by atoms with Crippen LogP contribution in [-0.4, -0.2) is 38.4 Å². The first kappa shape index (κ1) is 18.2. The minimum absolute atomic E-state index is 0.0422. The number of furan rings is 1. The van der Waals surface area contributed by atoms with Crippen LogP contribution < -0.4 is 0 Å². The number of aromatic nitrogens is 3. The maximum absolute atomic E-state index is 13.1. The number of hydrogen-bond donors (Lipinski definition) is 0. The fraction of sp³-hybridized carbons (Fsp3) is 0.278. The maximum Gasteiger partial charge on any atom is 0.233 e. The Morgan fingerprint density at radius 2 is 2.12 bits per heavy atom. The number of thioether (sulfide) groups is 1. The van der Waals surface area contributed by atoms with E-state index in [1.807, 2.05) is 23.6 Å². The lowest BCUT2D eigenvalue weighted by atomic mass is 10.1. The molecule has 6 nitrogen and oxygen atoms in total. The third-order valence-electron chi connectivity index (χ3n) is 4.14. The molecule has 8 heteroatoms. The highest BCUT2D eigenvalue weighted by Gasteiger charge is 2.19. The molecule has 0 saturated carbocycles. The van der Waals surface area contributed by atoms with Crippen molar-refractivity contribution in [3.05, 3.63) is 66.1 Å². The molecule has 26 heavy (non-hydrogen) atoms. The first-order valence-electron chi connectivity index (χ1n) is 8.08. The molecule has 2 heterocycles. The zero-order chi connectivity index (χ0) is 18.5. The number of amides is 1. The molecule has 3 rings (SSSR count). The lowest BCUT2D eigenvalue weighted by Gasteiger charge is -2.25. The van der Waals surface area contributed by atoms with E-state index >= 15 is 0 Å². The maximum atomic E-state index is 13.1. The first-order valence-corrected chi connectivity index (χ1v) is 9.07. The van der Waals surface area contributed by atoms with E-state index in [9.17, 15) is 9.18 Å². The van der Waals surface area contributed by atoms with Gasteiger partial charge in [-0.05, 0) is 36.8 Å². The van der Waals surface area contributed by atoms with Crippen molar-refractivity contribution >= 4 is 17.7 Å². The third kappa shape index (κ3) is 4.32. The fourth-order valence-corrected chi connectivity index (χ4v) is 3.28. The minimum atomic E-state index is -0.290. The average Bonchev–Trinajstić information content (AvgIpc) is 3.31. The van der Waals surface area contributed by atoms with Gasteiger partial charge in [0.1, 0.15) is 17.9 Å². The lowest BCUT2D eigenvalue weighted by molar-refractivity contribution is -0.128.